The molecule has 0 fully saturated rings. The lowest BCUT2D eigenvalue weighted by molar-refractivity contribution is 0.0987. The fraction of sp³-hybridized carbons (Fsp3) is 0.300. The van der Waals surface area contributed by atoms with Gasteiger partial charge >= 0.3 is 0 Å². The molecule has 64 valence electrons. The van der Waals surface area contributed by atoms with Crippen LogP contribution in [0.4, 0.5) is 0 Å². The Morgan fingerprint density at radius 2 is 2.50 bits per heavy atom. The summed E-state index contributed by atoms with van der Waals surface area (Å²) in [6.45, 7) is 5.56. The summed E-state index contributed by atoms with van der Waals surface area (Å²) in [4.78, 5) is 12.3. The summed E-state index contributed by atoms with van der Waals surface area (Å²) in [6, 6.07) is 1.98. The Hall–Kier alpha value is -0.890. The molecule has 0 aliphatic rings. The number of aryl methyl sites for hydroxylation is 1. The first kappa shape index (κ1) is 9.20. The average Bonchev–Trinajstić information content (AvgIpc) is 2.47. The highest BCUT2D eigenvalue weighted by Gasteiger charge is 2.08. The van der Waals surface area contributed by atoms with E-state index in [9.17, 15) is 4.79 Å². The summed E-state index contributed by atoms with van der Waals surface area (Å²) in [6.07, 6.45) is 3.14. The molecule has 0 bridgehead atoms. The molecule has 1 rings (SSSR count). The van der Waals surface area contributed by atoms with Crippen molar-refractivity contribution in [3.63, 3.8) is 0 Å². The molecule has 12 heavy (non-hydrogen) atoms. The van der Waals surface area contributed by atoms with Crippen molar-refractivity contribution in [1.82, 2.24) is 0 Å². The number of hydrogen-bond acceptors (Lipinski definition) is 2. The minimum absolute atomic E-state index is 0.238. The summed E-state index contributed by atoms with van der Waals surface area (Å²) in [5.74, 6) is 0.238. The van der Waals surface area contributed by atoms with Crippen molar-refractivity contribution in [2.75, 3.05) is 0 Å². The van der Waals surface area contributed by atoms with Crippen molar-refractivity contribution < 1.29 is 4.79 Å². The lowest BCUT2D eigenvalue weighted by Crippen LogP contribution is -1.96. The second-order valence-corrected chi connectivity index (χ2v) is 3.60. The van der Waals surface area contributed by atoms with E-state index in [1.807, 2.05) is 18.4 Å². The number of allylic oxidation sites excluding steroid dienone is 1. The Balaban J connectivity index is 2.65. The maximum atomic E-state index is 11.4. The van der Waals surface area contributed by atoms with Crippen LogP contribution in [0.3, 0.4) is 0 Å². The fourth-order valence-electron chi connectivity index (χ4n) is 1.01. The predicted octanol–water partition coefficient (Wildman–Crippen LogP) is 3.21. The van der Waals surface area contributed by atoms with Gasteiger partial charge in [-0.15, -0.1) is 17.9 Å². The zero-order chi connectivity index (χ0) is 8.97. The van der Waals surface area contributed by atoms with E-state index >= 15 is 0 Å². The van der Waals surface area contributed by atoms with E-state index in [1.54, 1.807) is 6.08 Å². The third-order valence-corrected chi connectivity index (χ3v) is 2.75. The summed E-state index contributed by atoms with van der Waals surface area (Å²) < 4.78 is 0. The van der Waals surface area contributed by atoms with Crippen LogP contribution in [0, 0.1) is 6.92 Å². The Bertz CT molecular complexity index is 286. The van der Waals surface area contributed by atoms with Gasteiger partial charge in [-0.25, -0.2) is 0 Å². The van der Waals surface area contributed by atoms with Gasteiger partial charge in [0, 0.05) is 6.42 Å². The Morgan fingerprint density at radius 1 is 1.75 bits per heavy atom. The van der Waals surface area contributed by atoms with Gasteiger partial charge in [0.05, 0.1) is 4.88 Å². The third kappa shape index (κ3) is 2.05. The summed E-state index contributed by atoms with van der Waals surface area (Å²) in [7, 11) is 0. The Kier molecular flexibility index (Phi) is 3.23. The molecule has 0 aliphatic carbocycles. The molecule has 0 unspecified atom stereocenters. The second kappa shape index (κ2) is 4.21. The molecule has 1 heterocycles. The Morgan fingerprint density at radius 3 is 3.00 bits per heavy atom. The first-order chi connectivity index (χ1) is 5.75. The highest BCUT2D eigenvalue weighted by Crippen LogP contribution is 2.17. The number of ketones is 1. The predicted molar refractivity (Wildman–Crippen MR) is 52.8 cm³/mol. The average molecular weight is 180 g/mol. The molecular weight excluding hydrogens is 168 g/mol. The van der Waals surface area contributed by atoms with Crippen LogP contribution in [0.25, 0.3) is 0 Å². The van der Waals surface area contributed by atoms with Crippen LogP contribution in [0.2, 0.25) is 0 Å². The molecule has 1 nitrogen and oxygen atoms in total. The van der Waals surface area contributed by atoms with Gasteiger partial charge in [-0.3, -0.25) is 4.79 Å². The van der Waals surface area contributed by atoms with E-state index < -0.39 is 0 Å². The van der Waals surface area contributed by atoms with Gasteiger partial charge < -0.3 is 0 Å². The highest BCUT2D eigenvalue weighted by atomic mass is 32.1. The molecule has 0 saturated heterocycles. The smallest absolute Gasteiger partial charge is 0.173 e. The SMILES string of the molecule is C=CCCC(=O)c1sccc1C. The van der Waals surface area contributed by atoms with E-state index in [0.29, 0.717) is 6.42 Å². The standard InChI is InChI=1S/C10H12OS/c1-3-4-5-9(11)10-8(2)6-7-12-10/h3,6-7H,1,4-5H2,2H3. The highest BCUT2D eigenvalue weighted by molar-refractivity contribution is 7.12. The maximum Gasteiger partial charge on any atom is 0.173 e. The quantitative estimate of drug-likeness (QED) is 0.513. The van der Waals surface area contributed by atoms with Crippen molar-refractivity contribution >= 4 is 17.1 Å². The number of Topliss-reactive ketones (excluding diaryl/α,β-unsaturated/α-hetero) is 1. The molecule has 1 aromatic rings. The monoisotopic (exact) mass is 180 g/mol. The van der Waals surface area contributed by atoms with E-state index in [4.69, 9.17) is 0 Å². The normalized spacial score (nSPS) is 9.75. The molecule has 2 heteroatoms. The van der Waals surface area contributed by atoms with E-state index in [-0.39, 0.29) is 5.78 Å². The first-order valence-corrected chi connectivity index (χ1v) is 4.82. The van der Waals surface area contributed by atoms with Gasteiger partial charge in [0.25, 0.3) is 0 Å². The number of hydrogen-bond donors (Lipinski definition) is 0. The Labute approximate surface area is 76.7 Å². The van der Waals surface area contributed by atoms with Crippen molar-refractivity contribution in [3.8, 4) is 0 Å². The minimum atomic E-state index is 0.238. The molecule has 0 amide bonds. The van der Waals surface area contributed by atoms with Crippen molar-refractivity contribution in [2.45, 2.75) is 19.8 Å². The first-order valence-electron chi connectivity index (χ1n) is 3.94. The van der Waals surface area contributed by atoms with Gasteiger partial charge in [-0.2, -0.15) is 0 Å². The van der Waals surface area contributed by atoms with Crippen LogP contribution in [-0.4, -0.2) is 5.78 Å². The zero-order valence-electron chi connectivity index (χ0n) is 7.17. The molecule has 0 spiro atoms. The van der Waals surface area contributed by atoms with Gasteiger partial charge in [0.2, 0.25) is 0 Å². The zero-order valence-corrected chi connectivity index (χ0v) is 7.99. The number of rotatable bonds is 4. The maximum absolute atomic E-state index is 11.4. The molecule has 0 aliphatic heterocycles. The van der Waals surface area contributed by atoms with E-state index in [0.717, 1.165) is 16.9 Å². The largest absolute Gasteiger partial charge is 0.293 e. The van der Waals surface area contributed by atoms with Gasteiger partial charge in [-0.05, 0) is 30.4 Å². The van der Waals surface area contributed by atoms with Crippen LogP contribution in [0.5, 0.6) is 0 Å². The fourth-order valence-corrected chi connectivity index (χ4v) is 1.90. The molecule has 0 radical (unpaired) electrons. The topological polar surface area (TPSA) is 17.1 Å². The van der Waals surface area contributed by atoms with Crippen molar-refractivity contribution in [2.24, 2.45) is 0 Å². The second-order valence-electron chi connectivity index (χ2n) is 2.68. The van der Waals surface area contributed by atoms with E-state index in [2.05, 4.69) is 6.58 Å². The summed E-state index contributed by atoms with van der Waals surface area (Å²) >= 11 is 1.52. The van der Waals surface area contributed by atoms with Crippen LogP contribution in [0.15, 0.2) is 24.1 Å². The number of thiophene rings is 1. The van der Waals surface area contributed by atoms with Gasteiger partial charge in [0.1, 0.15) is 0 Å². The summed E-state index contributed by atoms with van der Waals surface area (Å²) in [5, 5.41) is 1.95. The van der Waals surface area contributed by atoms with Crippen LogP contribution < -0.4 is 0 Å². The summed E-state index contributed by atoms with van der Waals surface area (Å²) in [5.41, 5.74) is 1.09. The number of carbonyl (C=O) groups excluding carboxylic acids is 1. The molecule has 0 saturated carbocycles. The molecule has 0 atom stereocenters. The van der Waals surface area contributed by atoms with Crippen LogP contribution in [-0.2, 0) is 0 Å². The van der Waals surface area contributed by atoms with Gasteiger partial charge in [0.15, 0.2) is 5.78 Å². The lowest BCUT2D eigenvalue weighted by atomic mass is 10.1. The molecule has 0 aromatic carbocycles. The van der Waals surface area contributed by atoms with Gasteiger partial charge in [-0.1, -0.05) is 6.08 Å². The van der Waals surface area contributed by atoms with Crippen molar-refractivity contribution in [1.29, 1.82) is 0 Å². The molecular formula is C10H12OS. The minimum Gasteiger partial charge on any atom is -0.293 e. The van der Waals surface area contributed by atoms with E-state index in [1.165, 1.54) is 11.3 Å². The lowest BCUT2D eigenvalue weighted by Gasteiger charge is -1.95. The third-order valence-electron chi connectivity index (χ3n) is 1.69. The molecule has 1 aromatic heterocycles. The van der Waals surface area contributed by atoms with Crippen LogP contribution >= 0.6 is 11.3 Å². The number of carbonyl (C=O) groups is 1. The van der Waals surface area contributed by atoms with Crippen LogP contribution in [0.1, 0.15) is 28.1 Å². The van der Waals surface area contributed by atoms with Crippen molar-refractivity contribution in [3.05, 3.63) is 34.5 Å². The molecule has 0 N–H and O–H groups in total.